The van der Waals surface area contributed by atoms with E-state index in [4.69, 9.17) is 5.73 Å². The van der Waals surface area contributed by atoms with Crippen LogP contribution in [-0.2, 0) is 9.59 Å². The molecule has 1 unspecified atom stereocenters. The predicted molar refractivity (Wildman–Crippen MR) is 38.6 cm³/mol. The first-order valence-corrected chi connectivity index (χ1v) is 3.48. The molecule has 0 spiro atoms. The van der Waals surface area contributed by atoms with Gasteiger partial charge in [-0.25, -0.2) is 4.39 Å². The van der Waals surface area contributed by atoms with Crippen LogP contribution in [0.25, 0.3) is 0 Å². The molecule has 4 heteroatoms. The molecular weight excluding hydrogens is 149 g/mol. The minimum atomic E-state index is -1.01. The molecule has 0 heterocycles. The molecule has 0 aliphatic rings. The molecule has 0 fully saturated rings. The maximum Gasteiger partial charge on any atom is 0.218 e. The lowest BCUT2D eigenvalue weighted by atomic mass is 9.98. The number of amides is 1. The van der Waals surface area contributed by atoms with Gasteiger partial charge in [0.2, 0.25) is 5.91 Å². The van der Waals surface area contributed by atoms with Crippen LogP contribution in [0.4, 0.5) is 4.39 Å². The number of rotatable bonds is 5. The van der Waals surface area contributed by atoms with E-state index < -0.39 is 24.3 Å². The molecule has 64 valence electrons. The second kappa shape index (κ2) is 4.82. The Morgan fingerprint density at radius 3 is 2.36 bits per heavy atom. The van der Waals surface area contributed by atoms with Crippen LogP contribution < -0.4 is 5.73 Å². The third-order valence-electron chi connectivity index (χ3n) is 1.53. The highest BCUT2D eigenvalue weighted by Gasteiger charge is 2.17. The van der Waals surface area contributed by atoms with Gasteiger partial charge in [0.15, 0.2) is 5.78 Å². The Labute approximate surface area is 64.8 Å². The Bertz CT molecular complexity index is 159. The molecule has 3 nitrogen and oxygen atoms in total. The molecule has 0 rings (SSSR count). The molecule has 0 radical (unpaired) electrons. The van der Waals surface area contributed by atoms with Crippen molar-refractivity contribution in [1.29, 1.82) is 0 Å². The average molecular weight is 161 g/mol. The van der Waals surface area contributed by atoms with Gasteiger partial charge >= 0.3 is 0 Å². The van der Waals surface area contributed by atoms with E-state index in [0.717, 1.165) is 0 Å². The number of hydrogen-bond acceptors (Lipinski definition) is 2. The summed E-state index contributed by atoms with van der Waals surface area (Å²) >= 11 is 0. The minimum absolute atomic E-state index is 0.0424. The third kappa shape index (κ3) is 3.70. The first-order valence-electron chi connectivity index (χ1n) is 3.48. The summed E-state index contributed by atoms with van der Waals surface area (Å²) in [6, 6.07) is 0. The predicted octanol–water partition coefficient (Wildman–Crippen LogP) is 0.427. The van der Waals surface area contributed by atoms with Gasteiger partial charge in [0.05, 0.1) is 0 Å². The fourth-order valence-electron chi connectivity index (χ4n) is 0.838. The summed E-state index contributed by atoms with van der Waals surface area (Å²) in [6.07, 6.45) is 0.422. The summed E-state index contributed by atoms with van der Waals surface area (Å²) in [6.45, 7) is 0.715. The largest absolute Gasteiger partial charge is 0.370 e. The van der Waals surface area contributed by atoms with E-state index in [1.807, 2.05) is 0 Å². The SMILES string of the molecule is CCC(CC(N)=O)C(=O)CF. The Kier molecular flexibility index (Phi) is 4.41. The molecule has 2 N–H and O–H groups in total. The molecule has 0 aromatic carbocycles. The van der Waals surface area contributed by atoms with E-state index >= 15 is 0 Å². The van der Waals surface area contributed by atoms with Gasteiger partial charge in [-0.1, -0.05) is 6.92 Å². The zero-order valence-electron chi connectivity index (χ0n) is 6.47. The number of nitrogens with two attached hydrogens (primary N) is 1. The van der Waals surface area contributed by atoms with Crippen molar-refractivity contribution in [1.82, 2.24) is 0 Å². The number of primary amides is 1. The molecule has 0 aliphatic carbocycles. The Morgan fingerprint density at radius 2 is 2.09 bits per heavy atom. The molecule has 0 saturated heterocycles. The van der Waals surface area contributed by atoms with Gasteiger partial charge in [-0.05, 0) is 6.42 Å². The van der Waals surface area contributed by atoms with Gasteiger partial charge in [0.1, 0.15) is 6.67 Å². The molecule has 1 atom stereocenters. The molecule has 1 amide bonds. The average Bonchev–Trinajstić information content (AvgIpc) is 1.98. The second-order valence-electron chi connectivity index (χ2n) is 2.38. The summed E-state index contributed by atoms with van der Waals surface area (Å²) in [4.78, 5) is 21.0. The first-order chi connectivity index (χ1) is 5.11. The van der Waals surface area contributed by atoms with Crippen LogP contribution in [0.5, 0.6) is 0 Å². The maximum absolute atomic E-state index is 11.8. The summed E-state index contributed by atoms with van der Waals surface area (Å²) in [5.41, 5.74) is 4.85. The highest BCUT2D eigenvalue weighted by molar-refractivity contribution is 5.87. The van der Waals surface area contributed by atoms with Crippen molar-refractivity contribution in [3.05, 3.63) is 0 Å². The van der Waals surface area contributed by atoms with E-state index in [1.54, 1.807) is 6.92 Å². The van der Waals surface area contributed by atoms with Crippen molar-refractivity contribution in [2.24, 2.45) is 11.7 Å². The van der Waals surface area contributed by atoms with Gasteiger partial charge in [-0.3, -0.25) is 9.59 Å². The lowest BCUT2D eigenvalue weighted by Gasteiger charge is -2.07. The highest BCUT2D eigenvalue weighted by Crippen LogP contribution is 2.08. The summed E-state index contributed by atoms with van der Waals surface area (Å²) in [7, 11) is 0. The summed E-state index contributed by atoms with van der Waals surface area (Å²) in [5, 5.41) is 0. The lowest BCUT2D eigenvalue weighted by Crippen LogP contribution is -2.23. The van der Waals surface area contributed by atoms with E-state index in [0.29, 0.717) is 6.42 Å². The number of halogens is 1. The molecule has 11 heavy (non-hydrogen) atoms. The Hall–Kier alpha value is -0.930. The van der Waals surface area contributed by atoms with Gasteiger partial charge < -0.3 is 5.73 Å². The molecule has 0 saturated carbocycles. The van der Waals surface area contributed by atoms with Gasteiger partial charge in [-0.2, -0.15) is 0 Å². The van der Waals surface area contributed by atoms with E-state index in [9.17, 15) is 14.0 Å². The van der Waals surface area contributed by atoms with Crippen molar-refractivity contribution in [2.45, 2.75) is 19.8 Å². The number of hydrogen-bond donors (Lipinski definition) is 1. The van der Waals surface area contributed by atoms with E-state index in [2.05, 4.69) is 0 Å². The van der Waals surface area contributed by atoms with Gasteiger partial charge in [0.25, 0.3) is 0 Å². The van der Waals surface area contributed by atoms with Crippen LogP contribution in [-0.4, -0.2) is 18.4 Å². The second-order valence-corrected chi connectivity index (χ2v) is 2.38. The van der Waals surface area contributed by atoms with Crippen molar-refractivity contribution in [3.63, 3.8) is 0 Å². The van der Waals surface area contributed by atoms with Crippen molar-refractivity contribution in [3.8, 4) is 0 Å². The molecule has 0 aromatic rings. The first kappa shape index (κ1) is 10.1. The number of carbonyl (C=O) groups is 2. The van der Waals surface area contributed by atoms with E-state index in [1.165, 1.54) is 0 Å². The maximum atomic E-state index is 11.8. The summed E-state index contributed by atoms with van der Waals surface area (Å²) in [5.74, 6) is -1.62. The van der Waals surface area contributed by atoms with Crippen LogP contribution >= 0.6 is 0 Å². The Balaban J connectivity index is 3.94. The number of carbonyl (C=O) groups excluding carboxylic acids is 2. The van der Waals surface area contributed by atoms with Crippen LogP contribution in [0.1, 0.15) is 19.8 Å². The number of alkyl halides is 1. The van der Waals surface area contributed by atoms with Gasteiger partial charge in [0, 0.05) is 12.3 Å². The van der Waals surface area contributed by atoms with E-state index in [-0.39, 0.29) is 6.42 Å². The molecular formula is C7H12FNO2. The van der Waals surface area contributed by atoms with Crippen molar-refractivity contribution >= 4 is 11.7 Å². The van der Waals surface area contributed by atoms with Crippen LogP contribution in [0.15, 0.2) is 0 Å². The van der Waals surface area contributed by atoms with Crippen LogP contribution in [0.3, 0.4) is 0 Å². The van der Waals surface area contributed by atoms with Crippen molar-refractivity contribution in [2.75, 3.05) is 6.67 Å². The summed E-state index contributed by atoms with van der Waals surface area (Å²) < 4.78 is 11.8. The van der Waals surface area contributed by atoms with Crippen molar-refractivity contribution < 1.29 is 14.0 Å². The van der Waals surface area contributed by atoms with Crippen LogP contribution in [0.2, 0.25) is 0 Å². The lowest BCUT2D eigenvalue weighted by molar-refractivity contribution is -0.128. The number of ketones is 1. The fourth-order valence-corrected chi connectivity index (χ4v) is 0.838. The monoisotopic (exact) mass is 161 g/mol. The van der Waals surface area contributed by atoms with Crippen LogP contribution in [0, 0.1) is 5.92 Å². The quantitative estimate of drug-likeness (QED) is 0.635. The fraction of sp³-hybridized carbons (Fsp3) is 0.714. The zero-order valence-corrected chi connectivity index (χ0v) is 6.47. The minimum Gasteiger partial charge on any atom is -0.370 e. The molecule has 0 aromatic heterocycles. The Morgan fingerprint density at radius 1 is 1.55 bits per heavy atom. The topological polar surface area (TPSA) is 60.2 Å². The zero-order chi connectivity index (χ0) is 8.85. The normalized spacial score (nSPS) is 12.5. The third-order valence-corrected chi connectivity index (χ3v) is 1.53. The standard InChI is InChI=1S/C7H12FNO2/c1-2-5(3-7(9)11)6(10)4-8/h5H,2-4H2,1H3,(H2,9,11). The number of Topliss-reactive ketones (excluding diaryl/α,β-unsaturated/α-hetero) is 1. The highest BCUT2D eigenvalue weighted by atomic mass is 19.1. The molecule has 0 aliphatic heterocycles. The smallest absolute Gasteiger partial charge is 0.218 e. The molecule has 0 bridgehead atoms. The van der Waals surface area contributed by atoms with Gasteiger partial charge in [-0.15, -0.1) is 0 Å².